The Morgan fingerprint density at radius 2 is 0.870 bits per heavy atom. The average Bonchev–Trinajstić information content (AvgIpc) is 3.29. The Hall–Kier alpha value is -3.52. The summed E-state index contributed by atoms with van der Waals surface area (Å²) in [6.07, 6.45) is 18.6. The van der Waals surface area contributed by atoms with E-state index < -0.39 is 0 Å². The summed E-state index contributed by atoms with van der Waals surface area (Å²) in [5.41, 5.74) is 15.1. The van der Waals surface area contributed by atoms with Crippen molar-refractivity contribution in [3.63, 3.8) is 0 Å². The summed E-state index contributed by atoms with van der Waals surface area (Å²) in [4.78, 5) is 11.5. The summed E-state index contributed by atoms with van der Waals surface area (Å²) in [7, 11) is 0. The van der Waals surface area contributed by atoms with Gasteiger partial charge >= 0.3 is 0 Å². The molecule has 238 valence electrons. The van der Waals surface area contributed by atoms with Gasteiger partial charge < -0.3 is 0 Å². The van der Waals surface area contributed by atoms with Crippen molar-refractivity contribution in [2.24, 2.45) is 9.98 Å². The molecule has 2 fully saturated rings. The van der Waals surface area contributed by atoms with E-state index in [4.69, 9.17) is 9.98 Å². The molecule has 4 aromatic rings. The predicted octanol–water partition coefficient (Wildman–Crippen LogP) is 13.0. The highest BCUT2D eigenvalue weighted by Crippen LogP contribution is 2.43. The van der Waals surface area contributed by atoms with Crippen molar-refractivity contribution in [1.82, 2.24) is 0 Å². The normalized spacial score (nSPS) is 20.2. The lowest BCUT2D eigenvalue weighted by molar-refractivity contribution is 0.456. The first-order valence-corrected chi connectivity index (χ1v) is 18.4. The van der Waals surface area contributed by atoms with Gasteiger partial charge in [-0.15, -0.1) is 0 Å². The number of nitrogens with zero attached hydrogens (tertiary/aromatic N) is 2. The molecule has 7 rings (SSSR count). The van der Waals surface area contributed by atoms with Gasteiger partial charge in [-0.05, 0) is 92.9 Å². The number of hydrogen-bond donors (Lipinski definition) is 0. The standard InChI is InChI=1S/C44H52N2/c1-29-25-31(3)41(38(27-29)33-17-11-7-5-8-12-18-33)45-43-36-23-15-21-35-22-16-24-37(40(35)36)44(43)46-42-32(4)26-30(2)28-39(42)34-19-13-9-6-10-14-20-34/h15-16,21-28,33-34H,5-14,17-20H2,1-4H3. The lowest BCUT2D eigenvalue weighted by Gasteiger charge is -2.24. The van der Waals surface area contributed by atoms with Crippen molar-refractivity contribution < 1.29 is 0 Å². The fourth-order valence-corrected chi connectivity index (χ4v) is 8.89. The minimum absolute atomic E-state index is 0.573. The van der Waals surface area contributed by atoms with Crippen molar-refractivity contribution in [2.45, 2.75) is 129 Å². The maximum atomic E-state index is 5.75. The Morgan fingerprint density at radius 1 is 0.478 bits per heavy atom. The zero-order valence-electron chi connectivity index (χ0n) is 28.7. The second-order valence-corrected chi connectivity index (χ2v) is 14.8. The van der Waals surface area contributed by atoms with Crippen LogP contribution < -0.4 is 0 Å². The quantitative estimate of drug-likeness (QED) is 0.220. The molecule has 2 nitrogen and oxygen atoms in total. The van der Waals surface area contributed by atoms with Gasteiger partial charge in [0.1, 0.15) is 0 Å². The van der Waals surface area contributed by atoms with E-state index in [1.54, 1.807) is 0 Å². The van der Waals surface area contributed by atoms with Crippen molar-refractivity contribution in [3.05, 3.63) is 105 Å². The van der Waals surface area contributed by atoms with Crippen molar-refractivity contribution in [2.75, 3.05) is 0 Å². The summed E-state index contributed by atoms with van der Waals surface area (Å²) in [5, 5.41) is 2.58. The van der Waals surface area contributed by atoms with Crippen LogP contribution in [0.15, 0.2) is 70.6 Å². The third-order valence-electron chi connectivity index (χ3n) is 11.1. The average molecular weight is 609 g/mol. The molecule has 0 unspecified atom stereocenters. The first-order chi connectivity index (χ1) is 22.5. The first kappa shape index (κ1) is 31.1. The molecule has 4 aromatic carbocycles. The zero-order chi connectivity index (χ0) is 31.6. The smallest absolute Gasteiger partial charge is 0.0979 e. The van der Waals surface area contributed by atoms with Crippen LogP contribution in [0, 0.1) is 27.7 Å². The molecule has 0 atom stereocenters. The Morgan fingerprint density at radius 3 is 1.28 bits per heavy atom. The van der Waals surface area contributed by atoms with Gasteiger partial charge in [-0.1, -0.05) is 136 Å². The van der Waals surface area contributed by atoms with Gasteiger partial charge in [0, 0.05) is 16.5 Å². The van der Waals surface area contributed by atoms with Crippen molar-refractivity contribution in [1.29, 1.82) is 0 Å². The van der Waals surface area contributed by atoms with Crippen LogP contribution in [-0.4, -0.2) is 11.4 Å². The summed E-state index contributed by atoms with van der Waals surface area (Å²) in [5.74, 6) is 1.15. The summed E-state index contributed by atoms with van der Waals surface area (Å²) in [6, 6.07) is 23.0. The molecule has 0 heterocycles. The predicted molar refractivity (Wildman–Crippen MR) is 198 cm³/mol. The van der Waals surface area contributed by atoms with E-state index in [0.29, 0.717) is 11.8 Å². The van der Waals surface area contributed by atoms with Gasteiger partial charge in [0.2, 0.25) is 0 Å². The monoisotopic (exact) mass is 608 g/mol. The lowest BCUT2D eigenvalue weighted by Crippen LogP contribution is -2.12. The van der Waals surface area contributed by atoms with Gasteiger partial charge in [-0.3, -0.25) is 0 Å². The van der Waals surface area contributed by atoms with Crippen LogP contribution in [0.1, 0.15) is 146 Å². The summed E-state index contributed by atoms with van der Waals surface area (Å²) in [6.45, 7) is 9.06. The van der Waals surface area contributed by atoms with E-state index in [1.165, 1.54) is 157 Å². The van der Waals surface area contributed by atoms with E-state index in [9.17, 15) is 0 Å². The van der Waals surface area contributed by atoms with Crippen LogP contribution in [0.3, 0.4) is 0 Å². The zero-order valence-corrected chi connectivity index (χ0v) is 28.7. The first-order valence-electron chi connectivity index (χ1n) is 18.4. The second-order valence-electron chi connectivity index (χ2n) is 14.8. The number of hydrogen-bond acceptors (Lipinski definition) is 2. The van der Waals surface area contributed by atoms with Gasteiger partial charge in [0.05, 0.1) is 22.8 Å². The highest BCUT2D eigenvalue weighted by atomic mass is 14.8. The number of rotatable bonds is 4. The summed E-state index contributed by atoms with van der Waals surface area (Å²) >= 11 is 0. The molecule has 3 aliphatic carbocycles. The van der Waals surface area contributed by atoms with Crippen LogP contribution in [0.5, 0.6) is 0 Å². The van der Waals surface area contributed by atoms with E-state index in [1.807, 2.05) is 0 Å². The van der Waals surface area contributed by atoms with Crippen LogP contribution >= 0.6 is 0 Å². The molecule has 0 amide bonds. The van der Waals surface area contributed by atoms with E-state index in [0.717, 1.165) is 11.4 Å². The molecule has 2 saturated carbocycles. The number of aryl methyl sites for hydroxylation is 4. The second kappa shape index (κ2) is 13.7. The molecular weight excluding hydrogens is 556 g/mol. The topological polar surface area (TPSA) is 24.7 Å². The molecule has 3 aliphatic rings. The van der Waals surface area contributed by atoms with Crippen LogP contribution in [0.25, 0.3) is 10.8 Å². The highest BCUT2D eigenvalue weighted by molar-refractivity contribution is 6.61. The lowest BCUT2D eigenvalue weighted by atomic mass is 9.83. The molecule has 0 aliphatic heterocycles. The fraction of sp³-hybridized carbons (Fsp3) is 0.455. The Labute approximate surface area is 277 Å². The van der Waals surface area contributed by atoms with E-state index >= 15 is 0 Å². The molecule has 46 heavy (non-hydrogen) atoms. The van der Waals surface area contributed by atoms with Gasteiger partial charge in [0.15, 0.2) is 0 Å². The molecular formula is C44H52N2. The van der Waals surface area contributed by atoms with E-state index in [-0.39, 0.29) is 0 Å². The fourth-order valence-electron chi connectivity index (χ4n) is 8.89. The maximum Gasteiger partial charge on any atom is 0.0979 e. The molecule has 0 bridgehead atoms. The van der Waals surface area contributed by atoms with E-state index in [2.05, 4.69) is 88.4 Å². The Bertz CT molecular complexity index is 1660. The van der Waals surface area contributed by atoms with Gasteiger partial charge in [0.25, 0.3) is 0 Å². The third-order valence-corrected chi connectivity index (χ3v) is 11.1. The Kier molecular flexibility index (Phi) is 9.25. The maximum absolute atomic E-state index is 5.75. The highest BCUT2D eigenvalue weighted by Gasteiger charge is 2.30. The molecule has 0 aromatic heterocycles. The molecule has 0 spiro atoms. The van der Waals surface area contributed by atoms with Crippen molar-refractivity contribution >= 4 is 33.6 Å². The molecule has 2 heteroatoms. The molecule has 0 radical (unpaired) electrons. The molecule has 0 N–H and O–H groups in total. The van der Waals surface area contributed by atoms with Crippen LogP contribution in [0.4, 0.5) is 11.4 Å². The van der Waals surface area contributed by atoms with Gasteiger partial charge in [-0.25, -0.2) is 9.98 Å². The SMILES string of the molecule is Cc1cc(C)c(N=C2C(=Nc3c(C)cc(C)cc3C3CCCCCCC3)c3cccc4cccc2c34)c(C2CCCCCCC2)c1. The van der Waals surface area contributed by atoms with Crippen LogP contribution in [0.2, 0.25) is 0 Å². The number of benzene rings is 4. The summed E-state index contributed by atoms with van der Waals surface area (Å²) < 4.78 is 0. The van der Waals surface area contributed by atoms with Crippen molar-refractivity contribution in [3.8, 4) is 0 Å². The molecule has 0 saturated heterocycles. The minimum Gasteiger partial charge on any atom is -0.246 e. The third kappa shape index (κ3) is 6.25. The van der Waals surface area contributed by atoms with Gasteiger partial charge in [-0.2, -0.15) is 0 Å². The number of aliphatic imine (C=N–C) groups is 2. The largest absolute Gasteiger partial charge is 0.246 e. The minimum atomic E-state index is 0.573. The Balaban J connectivity index is 1.43. The van der Waals surface area contributed by atoms with Crippen LogP contribution in [-0.2, 0) is 0 Å².